The summed E-state index contributed by atoms with van der Waals surface area (Å²) in [6, 6.07) is 22.7. The van der Waals surface area contributed by atoms with Crippen LogP contribution in [0.1, 0.15) is 23.6 Å². The van der Waals surface area contributed by atoms with Gasteiger partial charge in [0, 0.05) is 6.42 Å². The van der Waals surface area contributed by atoms with E-state index in [1.807, 2.05) is 28.9 Å². The maximum absolute atomic E-state index is 5.26. The zero-order valence-electron chi connectivity index (χ0n) is 14.8. The van der Waals surface area contributed by atoms with Gasteiger partial charge < -0.3 is 4.74 Å². The van der Waals surface area contributed by atoms with Crippen LogP contribution in [0.15, 0.2) is 71.7 Å². The quantitative estimate of drug-likeness (QED) is 0.558. The van der Waals surface area contributed by atoms with Crippen LogP contribution in [-0.4, -0.2) is 33.0 Å². The second-order valence-corrected chi connectivity index (χ2v) is 6.50. The molecule has 0 spiro atoms. The Balaban J connectivity index is 1.63. The van der Waals surface area contributed by atoms with E-state index in [9.17, 15) is 0 Å². The first-order valence-corrected chi connectivity index (χ1v) is 8.81. The van der Waals surface area contributed by atoms with Gasteiger partial charge in [-0.15, -0.1) is 0 Å². The van der Waals surface area contributed by atoms with E-state index in [-0.39, 0.29) is 6.04 Å². The first kappa shape index (κ1) is 15.7. The molecule has 1 atom stereocenters. The lowest BCUT2D eigenvalue weighted by molar-refractivity contribution is 0.415. The number of aliphatic imine (C=N–C) groups is 1. The lowest BCUT2D eigenvalue weighted by Crippen LogP contribution is -2.21. The van der Waals surface area contributed by atoms with Crippen molar-refractivity contribution in [1.82, 2.24) is 20.2 Å². The molecular formula is C21H17N5O. The third kappa shape index (κ3) is 2.66. The first-order chi connectivity index (χ1) is 13.3. The summed E-state index contributed by atoms with van der Waals surface area (Å²) in [5.74, 6) is 1.36. The van der Waals surface area contributed by atoms with E-state index in [1.165, 1.54) is 16.3 Å². The second kappa shape index (κ2) is 6.32. The van der Waals surface area contributed by atoms with Crippen molar-refractivity contribution in [3.8, 4) is 5.75 Å². The number of tetrazole rings is 1. The number of rotatable bonds is 3. The number of hydrogen-bond acceptors (Lipinski definition) is 5. The molecule has 5 rings (SSSR count). The van der Waals surface area contributed by atoms with Crippen molar-refractivity contribution in [2.75, 3.05) is 7.11 Å². The maximum Gasteiger partial charge on any atom is 0.269 e. The van der Waals surface area contributed by atoms with Crippen LogP contribution in [0, 0.1) is 0 Å². The van der Waals surface area contributed by atoms with Gasteiger partial charge in [0.25, 0.3) is 5.95 Å². The fraction of sp³-hybridized carbons (Fsp3) is 0.143. The Kier molecular flexibility index (Phi) is 3.67. The summed E-state index contributed by atoms with van der Waals surface area (Å²) in [6.45, 7) is 0. The molecule has 6 heteroatoms. The molecule has 3 aromatic carbocycles. The zero-order chi connectivity index (χ0) is 18.2. The second-order valence-electron chi connectivity index (χ2n) is 6.50. The summed E-state index contributed by atoms with van der Waals surface area (Å²) in [4.78, 5) is 4.69. The Morgan fingerprint density at radius 3 is 2.63 bits per heavy atom. The van der Waals surface area contributed by atoms with Gasteiger partial charge in [-0.2, -0.15) is 0 Å². The highest BCUT2D eigenvalue weighted by Crippen LogP contribution is 2.35. The average molecular weight is 355 g/mol. The molecule has 0 saturated carbocycles. The molecule has 1 unspecified atom stereocenters. The molecular weight excluding hydrogens is 338 g/mol. The van der Waals surface area contributed by atoms with Crippen molar-refractivity contribution in [3.05, 3.63) is 77.9 Å². The lowest BCUT2D eigenvalue weighted by atomic mass is 9.92. The Bertz CT molecular complexity index is 1140. The van der Waals surface area contributed by atoms with Crippen molar-refractivity contribution in [3.63, 3.8) is 0 Å². The molecule has 4 aromatic rings. The molecule has 132 valence electrons. The molecule has 0 radical (unpaired) electrons. The molecule has 0 saturated heterocycles. The smallest absolute Gasteiger partial charge is 0.269 e. The third-order valence-corrected chi connectivity index (χ3v) is 5.00. The summed E-state index contributed by atoms with van der Waals surface area (Å²) >= 11 is 0. The van der Waals surface area contributed by atoms with Crippen LogP contribution in [0.25, 0.3) is 10.8 Å². The Morgan fingerprint density at radius 1 is 0.963 bits per heavy atom. The monoisotopic (exact) mass is 355 g/mol. The Hall–Kier alpha value is -3.54. The van der Waals surface area contributed by atoms with E-state index in [0.29, 0.717) is 5.95 Å². The third-order valence-electron chi connectivity index (χ3n) is 5.00. The number of methoxy groups -OCH3 is 1. The summed E-state index contributed by atoms with van der Waals surface area (Å²) in [5.41, 5.74) is 3.22. The zero-order valence-corrected chi connectivity index (χ0v) is 14.8. The fourth-order valence-electron chi connectivity index (χ4n) is 3.65. The molecule has 1 aliphatic heterocycles. The van der Waals surface area contributed by atoms with Crippen LogP contribution in [0.5, 0.6) is 5.75 Å². The van der Waals surface area contributed by atoms with Gasteiger partial charge >= 0.3 is 0 Å². The van der Waals surface area contributed by atoms with E-state index in [2.05, 4.69) is 63.0 Å². The molecule has 1 aromatic heterocycles. The van der Waals surface area contributed by atoms with E-state index >= 15 is 0 Å². The van der Waals surface area contributed by atoms with Gasteiger partial charge in [0.2, 0.25) is 0 Å². The molecule has 0 fully saturated rings. The minimum atomic E-state index is -0.00398. The summed E-state index contributed by atoms with van der Waals surface area (Å²) in [5, 5.41) is 14.6. The van der Waals surface area contributed by atoms with Crippen LogP contribution < -0.4 is 4.74 Å². The summed E-state index contributed by atoms with van der Waals surface area (Å²) < 4.78 is 7.08. The van der Waals surface area contributed by atoms with Crippen molar-refractivity contribution in [2.24, 2.45) is 4.99 Å². The summed E-state index contributed by atoms with van der Waals surface area (Å²) in [6.07, 6.45) is 0.721. The predicted molar refractivity (Wildman–Crippen MR) is 104 cm³/mol. The normalized spacial score (nSPS) is 16.0. The standard InChI is InChI=1S/C21H17N5O/c1-27-16-11-9-15(10-12-16)19-13-20(26-21(22-19)23-24-25-26)18-8-4-6-14-5-2-3-7-17(14)18/h2-12,20H,13H2,1H3. The van der Waals surface area contributed by atoms with Gasteiger partial charge in [0.15, 0.2) is 0 Å². The summed E-state index contributed by atoms with van der Waals surface area (Å²) in [7, 11) is 1.66. The molecule has 1 aliphatic rings. The van der Waals surface area contributed by atoms with E-state index in [4.69, 9.17) is 4.74 Å². The molecule has 0 aliphatic carbocycles. The number of nitrogens with zero attached hydrogens (tertiary/aromatic N) is 5. The van der Waals surface area contributed by atoms with E-state index < -0.39 is 0 Å². The van der Waals surface area contributed by atoms with Gasteiger partial charge in [-0.3, -0.25) is 0 Å². The van der Waals surface area contributed by atoms with Crippen molar-refractivity contribution < 1.29 is 4.74 Å². The van der Waals surface area contributed by atoms with Gasteiger partial charge in [-0.25, -0.2) is 9.67 Å². The lowest BCUT2D eigenvalue weighted by Gasteiger charge is -2.24. The van der Waals surface area contributed by atoms with Gasteiger partial charge in [0.1, 0.15) is 5.75 Å². The van der Waals surface area contributed by atoms with Gasteiger partial charge in [-0.1, -0.05) is 47.6 Å². The number of aromatic nitrogens is 4. The molecule has 0 N–H and O–H groups in total. The van der Waals surface area contributed by atoms with E-state index in [0.717, 1.165) is 23.4 Å². The van der Waals surface area contributed by atoms with Crippen LogP contribution in [-0.2, 0) is 0 Å². The minimum Gasteiger partial charge on any atom is -0.497 e. The highest BCUT2D eigenvalue weighted by Gasteiger charge is 2.28. The molecule has 0 amide bonds. The number of benzene rings is 3. The first-order valence-electron chi connectivity index (χ1n) is 8.81. The highest BCUT2D eigenvalue weighted by molar-refractivity contribution is 6.03. The Labute approximate surface area is 156 Å². The Morgan fingerprint density at radius 2 is 1.78 bits per heavy atom. The van der Waals surface area contributed by atoms with E-state index in [1.54, 1.807) is 7.11 Å². The number of ether oxygens (including phenoxy) is 1. The molecule has 0 bridgehead atoms. The van der Waals surface area contributed by atoms with Crippen LogP contribution in [0.4, 0.5) is 5.95 Å². The SMILES string of the molecule is COc1ccc(C2=Nc3nnnn3C(c3cccc4ccccc34)C2)cc1. The van der Waals surface area contributed by atoms with Crippen molar-refractivity contribution in [1.29, 1.82) is 0 Å². The maximum atomic E-state index is 5.26. The van der Waals surface area contributed by atoms with Gasteiger partial charge in [-0.05, 0) is 56.6 Å². The van der Waals surface area contributed by atoms with Crippen LogP contribution in [0.2, 0.25) is 0 Å². The molecule has 6 nitrogen and oxygen atoms in total. The minimum absolute atomic E-state index is 0.00398. The fourth-order valence-corrected chi connectivity index (χ4v) is 3.65. The molecule has 27 heavy (non-hydrogen) atoms. The van der Waals surface area contributed by atoms with Gasteiger partial charge in [0.05, 0.1) is 18.9 Å². The molecule has 2 heterocycles. The highest BCUT2D eigenvalue weighted by atomic mass is 16.5. The number of fused-ring (bicyclic) bond motifs is 2. The van der Waals surface area contributed by atoms with Crippen molar-refractivity contribution >= 4 is 22.4 Å². The largest absolute Gasteiger partial charge is 0.497 e. The predicted octanol–water partition coefficient (Wildman–Crippen LogP) is 3.95. The van der Waals surface area contributed by atoms with Crippen LogP contribution in [0.3, 0.4) is 0 Å². The number of hydrogen-bond donors (Lipinski definition) is 0. The average Bonchev–Trinajstić information content (AvgIpc) is 3.21. The van der Waals surface area contributed by atoms with Crippen molar-refractivity contribution in [2.45, 2.75) is 12.5 Å². The topological polar surface area (TPSA) is 65.2 Å². The van der Waals surface area contributed by atoms with Crippen LogP contribution >= 0.6 is 0 Å².